The fourth-order valence-electron chi connectivity index (χ4n) is 2.04. The van der Waals surface area contributed by atoms with E-state index in [1.54, 1.807) is 13.0 Å². The van der Waals surface area contributed by atoms with Crippen molar-refractivity contribution in [3.8, 4) is 0 Å². The maximum Gasteiger partial charge on any atom is 0.254 e. The molecule has 0 saturated carbocycles. The maximum atomic E-state index is 13.6. The van der Waals surface area contributed by atoms with Crippen LogP contribution in [0, 0.1) is 12.7 Å². The molecule has 2 aromatic rings. The number of carbonyl (C=O) groups is 1. The van der Waals surface area contributed by atoms with Gasteiger partial charge in [0.15, 0.2) is 0 Å². The van der Waals surface area contributed by atoms with Crippen LogP contribution in [0.5, 0.6) is 0 Å². The molecule has 0 radical (unpaired) electrons. The topological polar surface area (TPSA) is 29.1 Å². The molecule has 3 heteroatoms. The van der Waals surface area contributed by atoms with Gasteiger partial charge in [0.2, 0.25) is 0 Å². The van der Waals surface area contributed by atoms with Crippen molar-refractivity contribution in [1.82, 2.24) is 5.32 Å². The minimum absolute atomic E-state index is 0.107. The summed E-state index contributed by atoms with van der Waals surface area (Å²) >= 11 is 0. The molecule has 104 valence electrons. The van der Waals surface area contributed by atoms with Crippen molar-refractivity contribution in [2.24, 2.45) is 0 Å². The van der Waals surface area contributed by atoms with Gasteiger partial charge in [-0.3, -0.25) is 4.79 Å². The van der Waals surface area contributed by atoms with Crippen molar-refractivity contribution in [1.29, 1.82) is 0 Å². The van der Waals surface area contributed by atoms with Crippen molar-refractivity contribution in [3.05, 3.63) is 71.0 Å². The zero-order valence-corrected chi connectivity index (χ0v) is 11.5. The summed E-state index contributed by atoms with van der Waals surface area (Å²) in [5, 5.41) is 2.75. The van der Waals surface area contributed by atoms with Gasteiger partial charge in [-0.1, -0.05) is 36.4 Å². The number of halogens is 1. The van der Waals surface area contributed by atoms with Gasteiger partial charge in [-0.05, 0) is 43.0 Å². The number of carbonyl (C=O) groups excluding carboxylic acids is 1. The highest BCUT2D eigenvalue weighted by Crippen LogP contribution is 2.09. The second kappa shape index (κ2) is 6.85. The molecule has 0 fully saturated rings. The molecule has 1 amide bonds. The molecule has 20 heavy (non-hydrogen) atoms. The zero-order chi connectivity index (χ0) is 14.4. The molecule has 1 N–H and O–H groups in total. The third kappa shape index (κ3) is 3.92. The van der Waals surface area contributed by atoms with Crippen LogP contribution in [-0.2, 0) is 6.42 Å². The molecule has 0 saturated heterocycles. The Hall–Kier alpha value is -2.16. The largest absolute Gasteiger partial charge is 0.352 e. The Balaban J connectivity index is 1.80. The van der Waals surface area contributed by atoms with E-state index in [2.05, 4.69) is 17.4 Å². The maximum absolute atomic E-state index is 13.6. The number of nitrogens with one attached hydrogen (secondary N) is 1. The predicted molar refractivity (Wildman–Crippen MR) is 78.2 cm³/mol. The zero-order valence-electron chi connectivity index (χ0n) is 11.5. The van der Waals surface area contributed by atoms with Crippen LogP contribution >= 0.6 is 0 Å². The lowest BCUT2D eigenvalue weighted by Gasteiger charge is -2.07. The number of rotatable bonds is 5. The van der Waals surface area contributed by atoms with Crippen molar-refractivity contribution < 1.29 is 9.18 Å². The van der Waals surface area contributed by atoms with Crippen molar-refractivity contribution in [2.75, 3.05) is 6.54 Å². The fraction of sp³-hybridized carbons (Fsp3) is 0.235. The minimum atomic E-state index is -0.467. The van der Waals surface area contributed by atoms with Crippen LogP contribution in [0.15, 0.2) is 48.5 Å². The number of hydrogen-bond acceptors (Lipinski definition) is 1. The molecule has 2 aromatic carbocycles. The van der Waals surface area contributed by atoms with E-state index >= 15 is 0 Å². The first-order valence-corrected chi connectivity index (χ1v) is 6.75. The average molecular weight is 271 g/mol. The van der Waals surface area contributed by atoms with E-state index in [4.69, 9.17) is 0 Å². The van der Waals surface area contributed by atoms with Crippen LogP contribution in [-0.4, -0.2) is 12.5 Å². The molecule has 2 rings (SSSR count). The van der Waals surface area contributed by atoms with Gasteiger partial charge in [0, 0.05) is 6.54 Å². The van der Waals surface area contributed by atoms with E-state index in [9.17, 15) is 9.18 Å². The van der Waals surface area contributed by atoms with Crippen LogP contribution in [0.3, 0.4) is 0 Å². The summed E-state index contributed by atoms with van der Waals surface area (Å²) in [5.41, 5.74) is 2.15. The van der Waals surface area contributed by atoms with E-state index in [0.29, 0.717) is 6.54 Å². The summed E-state index contributed by atoms with van der Waals surface area (Å²) in [7, 11) is 0. The molecule has 0 aromatic heterocycles. The summed E-state index contributed by atoms with van der Waals surface area (Å²) in [4.78, 5) is 11.8. The molecule has 0 atom stereocenters. The molecule has 0 aliphatic carbocycles. The molecule has 0 aliphatic heterocycles. The SMILES string of the molecule is Cc1ccc(C(=O)NCCCc2ccccc2)c(F)c1. The van der Waals surface area contributed by atoms with Gasteiger partial charge in [-0.25, -0.2) is 4.39 Å². The quantitative estimate of drug-likeness (QED) is 0.829. The summed E-state index contributed by atoms with van der Waals surface area (Å²) in [6, 6.07) is 14.7. The Morgan fingerprint density at radius 3 is 2.60 bits per heavy atom. The lowest BCUT2D eigenvalue weighted by atomic mass is 10.1. The second-order valence-corrected chi connectivity index (χ2v) is 4.83. The van der Waals surface area contributed by atoms with Crippen LogP contribution in [0.2, 0.25) is 0 Å². The standard InChI is InChI=1S/C17H18FNO/c1-13-9-10-15(16(18)12-13)17(20)19-11-5-8-14-6-3-2-4-7-14/h2-4,6-7,9-10,12H,5,8,11H2,1H3,(H,19,20). The van der Waals surface area contributed by atoms with E-state index in [-0.39, 0.29) is 11.5 Å². The molecule has 0 spiro atoms. The Morgan fingerprint density at radius 1 is 1.15 bits per heavy atom. The molecule has 0 heterocycles. The van der Waals surface area contributed by atoms with Gasteiger partial charge in [-0.15, -0.1) is 0 Å². The van der Waals surface area contributed by atoms with Gasteiger partial charge in [0.25, 0.3) is 5.91 Å². The highest BCUT2D eigenvalue weighted by molar-refractivity contribution is 5.94. The minimum Gasteiger partial charge on any atom is -0.352 e. The molecular formula is C17H18FNO. The average Bonchev–Trinajstić information content (AvgIpc) is 2.44. The number of hydrogen-bond donors (Lipinski definition) is 1. The van der Waals surface area contributed by atoms with Crippen molar-refractivity contribution >= 4 is 5.91 Å². The Kier molecular flexibility index (Phi) is 4.88. The molecular weight excluding hydrogens is 253 g/mol. The van der Waals surface area contributed by atoms with E-state index in [0.717, 1.165) is 18.4 Å². The predicted octanol–water partition coefficient (Wildman–Crippen LogP) is 3.50. The first-order valence-electron chi connectivity index (χ1n) is 6.75. The third-order valence-corrected chi connectivity index (χ3v) is 3.14. The van der Waals surface area contributed by atoms with Crippen LogP contribution in [0.4, 0.5) is 4.39 Å². The lowest BCUT2D eigenvalue weighted by molar-refractivity contribution is 0.0949. The number of amides is 1. The van der Waals surface area contributed by atoms with Gasteiger partial charge in [-0.2, -0.15) is 0 Å². The molecule has 0 bridgehead atoms. The normalized spacial score (nSPS) is 10.3. The van der Waals surface area contributed by atoms with Crippen molar-refractivity contribution in [2.45, 2.75) is 19.8 Å². The van der Waals surface area contributed by atoms with E-state index in [1.807, 2.05) is 18.2 Å². The summed E-state index contributed by atoms with van der Waals surface area (Å²) in [6.45, 7) is 2.34. The first-order chi connectivity index (χ1) is 9.66. The number of aryl methyl sites for hydroxylation is 2. The van der Waals surface area contributed by atoms with Gasteiger partial charge >= 0.3 is 0 Å². The summed E-state index contributed by atoms with van der Waals surface area (Å²) in [5.74, 6) is -0.818. The summed E-state index contributed by atoms with van der Waals surface area (Å²) in [6.07, 6.45) is 1.74. The third-order valence-electron chi connectivity index (χ3n) is 3.14. The number of benzene rings is 2. The Morgan fingerprint density at radius 2 is 1.90 bits per heavy atom. The first kappa shape index (κ1) is 14.3. The molecule has 0 unspecified atom stereocenters. The smallest absolute Gasteiger partial charge is 0.254 e. The van der Waals surface area contributed by atoms with Crippen molar-refractivity contribution in [3.63, 3.8) is 0 Å². The molecule has 0 aliphatic rings. The van der Waals surface area contributed by atoms with Gasteiger partial charge in [0.05, 0.1) is 5.56 Å². The molecule has 2 nitrogen and oxygen atoms in total. The van der Waals surface area contributed by atoms with Gasteiger partial charge < -0.3 is 5.32 Å². The van der Waals surface area contributed by atoms with E-state index < -0.39 is 5.82 Å². The fourth-order valence-corrected chi connectivity index (χ4v) is 2.04. The monoisotopic (exact) mass is 271 g/mol. The Labute approximate surface area is 118 Å². The second-order valence-electron chi connectivity index (χ2n) is 4.83. The Bertz CT molecular complexity index is 581. The summed E-state index contributed by atoms with van der Waals surface area (Å²) < 4.78 is 13.6. The highest BCUT2D eigenvalue weighted by atomic mass is 19.1. The van der Waals surface area contributed by atoms with Crippen LogP contribution < -0.4 is 5.32 Å². The van der Waals surface area contributed by atoms with E-state index in [1.165, 1.54) is 17.7 Å². The van der Waals surface area contributed by atoms with Crippen LogP contribution in [0.25, 0.3) is 0 Å². The highest BCUT2D eigenvalue weighted by Gasteiger charge is 2.10. The lowest BCUT2D eigenvalue weighted by Crippen LogP contribution is -2.25. The van der Waals surface area contributed by atoms with Gasteiger partial charge in [0.1, 0.15) is 5.82 Å². The van der Waals surface area contributed by atoms with Crippen LogP contribution in [0.1, 0.15) is 27.9 Å².